The number of carbonyl (C=O) groups is 1. The van der Waals surface area contributed by atoms with Crippen molar-refractivity contribution in [2.45, 2.75) is 12.2 Å². The number of fused-ring (bicyclic) bond motifs is 1. The predicted molar refractivity (Wildman–Crippen MR) is 82.6 cm³/mol. The van der Waals surface area contributed by atoms with E-state index in [4.69, 9.17) is 4.74 Å². The SMILES string of the molecule is O=C(NC[C@@H]1COC[C@@H](O)[C@H]1O)c1ccc2ccccc2c1. The van der Waals surface area contributed by atoms with Crippen LogP contribution in [-0.2, 0) is 4.74 Å². The number of amides is 1. The molecule has 1 heterocycles. The highest BCUT2D eigenvalue weighted by Gasteiger charge is 2.31. The molecule has 2 aromatic carbocycles. The van der Waals surface area contributed by atoms with Gasteiger partial charge in [-0.3, -0.25) is 4.79 Å². The molecule has 0 unspecified atom stereocenters. The molecule has 1 saturated heterocycles. The molecule has 1 amide bonds. The van der Waals surface area contributed by atoms with Gasteiger partial charge in [-0.15, -0.1) is 0 Å². The molecule has 3 rings (SSSR count). The Morgan fingerprint density at radius 2 is 1.91 bits per heavy atom. The normalized spacial score (nSPS) is 25.1. The number of rotatable bonds is 3. The lowest BCUT2D eigenvalue weighted by molar-refractivity contribution is -0.118. The minimum atomic E-state index is -0.892. The Morgan fingerprint density at radius 1 is 1.14 bits per heavy atom. The first-order valence-electron chi connectivity index (χ1n) is 7.36. The monoisotopic (exact) mass is 301 g/mol. The van der Waals surface area contributed by atoms with E-state index in [1.54, 1.807) is 6.07 Å². The molecular weight excluding hydrogens is 282 g/mol. The molecule has 116 valence electrons. The Hall–Kier alpha value is -1.95. The summed E-state index contributed by atoms with van der Waals surface area (Å²) in [6.07, 6.45) is -1.76. The van der Waals surface area contributed by atoms with E-state index in [9.17, 15) is 15.0 Å². The molecule has 0 aliphatic carbocycles. The van der Waals surface area contributed by atoms with Gasteiger partial charge in [0.2, 0.25) is 0 Å². The minimum absolute atomic E-state index is 0.135. The quantitative estimate of drug-likeness (QED) is 0.788. The van der Waals surface area contributed by atoms with Crippen LogP contribution in [0.5, 0.6) is 0 Å². The molecule has 1 aliphatic heterocycles. The molecule has 2 aromatic rings. The lowest BCUT2D eigenvalue weighted by Crippen LogP contribution is -2.48. The molecule has 22 heavy (non-hydrogen) atoms. The van der Waals surface area contributed by atoms with Crippen LogP contribution in [0.3, 0.4) is 0 Å². The molecule has 3 N–H and O–H groups in total. The standard InChI is InChI=1S/C17H19NO4/c19-15-10-22-9-14(16(15)20)8-18-17(21)13-6-5-11-3-1-2-4-12(11)7-13/h1-7,14-16,19-20H,8-10H2,(H,18,21)/t14-,15-,16+/m1/s1. The van der Waals surface area contributed by atoms with Gasteiger partial charge < -0.3 is 20.3 Å². The van der Waals surface area contributed by atoms with Crippen LogP contribution in [-0.4, -0.2) is 48.1 Å². The summed E-state index contributed by atoms with van der Waals surface area (Å²) in [5, 5.41) is 24.3. The van der Waals surface area contributed by atoms with Gasteiger partial charge in [0.1, 0.15) is 6.10 Å². The number of aliphatic hydroxyl groups is 2. The van der Waals surface area contributed by atoms with E-state index in [0.717, 1.165) is 10.8 Å². The van der Waals surface area contributed by atoms with Crippen molar-refractivity contribution >= 4 is 16.7 Å². The van der Waals surface area contributed by atoms with E-state index in [0.29, 0.717) is 12.2 Å². The molecule has 5 nitrogen and oxygen atoms in total. The van der Waals surface area contributed by atoms with E-state index >= 15 is 0 Å². The average molecular weight is 301 g/mol. The van der Waals surface area contributed by atoms with Crippen LogP contribution in [0.25, 0.3) is 10.8 Å². The van der Waals surface area contributed by atoms with E-state index in [1.165, 1.54) is 0 Å². The van der Waals surface area contributed by atoms with Crippen molar-refractivity contribution in [3.05, 3.63) is 48.0 Å². The molecule has 0 saturated carbocycles. The van der Waals surface area contributed by atoms with Crippen LogP contribution in [0.1, 0.15) is 10.4 Å². The molecule has 0 spiro atoms. The van der Waals surface area contributed by atoms with Gasteiger partial charge in [-0.25, -0.2) is 0 Å². The van der Waals surface area contributed by atoms with Gasteiger partial charge in [0.05, 0.1) is 19.3 Å². The van der Waals surface area contributed by atoms with E-state index in [2.05, 4.69) is 5.32 Å². The van der Waals surface area contributed by atoms with Gasteiger partial charge in [-0.05, 0) is 22.9 Å². The fourth-order valence-corrected chi connectivity index (χ4v) is 2.69. The summed E-state index contributed by atoms with van der Waals surface area (Å²) in [7, 11) is 0. The topological polar surface area (TPSA) is 78.8 Å². The zero-order valence-electron chi connectivity index (χ0n) is 12.1. The zero-order chi connectivity index (χ0) is 15.5. The predicted octanol–water partition coefficient (Wildman–Crippen LogP) is 0.938. The summed E-state index contributed by atoms with van der Waals surface area (Å²) in [5.74, 6) is -0.494. The molecule has 3 atom stereocenters. The zero-order valence-corrected chi connectivity index (χ0v) is 12.1. The van der Waals surface area contributed by atoms with Crippen molar-refractivity contribution in [2.75, 3.05) is 19.8 Å². The number of hydrogen-bond acceptors (Lipinski definition) is 4. The van der Waals surface area contributed by atoms with Crippen LogP contribution in [0, 0.1) is 5.92 Å². The van der Waals surface area contributed by atoms with Gasteiger partial charge in [0, 0.05) is 18.0 Å². The van der Waals surface area contributed by atoms with Crippen LogP contribution >= 0.6 is 0 Å². The lowest BCUT2D eigenvalue weighted by atomic mass is 9.96. The Kier molecular flexibility index (Phi) is 4.38. The number of hydrogen-bond donors (Lipinski definition) is 3. The summed E-state index contributed by atoms with van der Waals surface area (Å²) in [6.45, 7) is 0.733. The van der Waals surface area contributed by atoms with Crippen molar-refractivity contribution in [3.63, 3.8) is 0 Å². The molecule has 0 radical (unpaired) electrons. The highest BCUT2D eigenvalue weighted by atomic mass is 16.5. The maximum absolute atomic E-state index is 12.2. The molecule has 0 aromatic heterocycles. The van der Waals surface area contributed by atoms with Gasteiger partial charge in [-0.2, -0.15) is 0 Å². The van der Waals surface area contributed by atoms with Crippen LogP contribution in [0.2, 0.25) is 0 Å². The van der Waals surface area contributed by atoms with Gasteiger partial charge >= 0.3 is 0 Å². The van der Waals surface area contributed by atoms with E-state index in [1.807, 2.05) is 36.4 Å². The lowest BCUT2D eigenvalue weighted by Gasteiger charge is -2.31. The van der Waals surface area contributed by atoms with Crippen molar-refractivity contribution < 1.29 is 19.7 Å². The van der Waals surface area contributed by atoms with E-state index in [-0.39, 0.29) is 25.0 Å². The van der Waals surface area contributed by atoms with E-state index < -0.39 is 12.2 Å². The first kappa shape index (κ1) is 15.0. The van der Waals surface area contributed by atoms with Crippen molar-refractivity contribution in [2.24, 2.45) is 5.92 Å². The number of aliphatic hydroxyl groups excluding tert-OH is 2. The number of ether oxygens (including phenoxy) is 1. The Bertz CT molecular complexity index is 673. The van der Waals surface area contributed by atoms with Gasteiger partial charge in [0.25, 0.3) is 5.91 Å². The molecule has 1 aliphatic rings. The highest BCUT2D eigenvalue weighted by Crippen LogP contribution is 2.17. The minimum Gasteiger partial charge on any atom is -0.390 e. The molecule has 5 heteroatoms. The molecule has 1 fully saturated rings. The van der Waals surface area contributed by atoms with Crippen molar-refractivity contribution in [3.8, 4) is 0 Å². The molecule has 0 bridgehead atoms. The highest BCUT2D eigenvalue weighted by molar-refractivity contribution is 5.98. The second-order valence-corrected chi connectivity index (χ2v) is 5.63. The maximum atomic E-state index is 12.2. The number of carbonyl (C=O) groups excluding carboxylic acids is 1. The summed E-state index contributed by atoms with van der Waals surface area (Å²) in [6, 6.07) is 13.4. The fourth-order valence-electron chi connectivity index (χ4n) is 2.69. The summed E-state index contributed by atoms with van der Waals surface area (Å²) in [4.78, 5) is 12.2. The van der Waals surface area contributed by atoms with Crippen molar-refractivity contribution in [1.29, 1.82) is 0 Å². The Labute approximate surface area is 128 Å². The summed E-state index contributed by atoms with van der Waals surface area (Å²) >= 11 is 0. The largest absolute Gasteiger partial charge is 0.390 e. The van der Waals surface area contributed by atoms with Gasteiger partial charge in [0.15, 0.2) is 0 Å². The third-order valence-electron chi connectivity index (χ3n) is 4.03. The van der Waals surface area contributed by atoms with Crippen molar-refractivity contribution in [1.82, 2.24) is 5.32 Å². The third kappa shape index (κ3) is 3.11. The number of benzene rings is 2. The van der Waals surface area contributed by atoms with Crippen LogP contribution in [0.4, 0.5) is 0 Å². The first-order chi connectivity index (χ1) is 10.6. The second kappa shape index (κ2) is 6.44. The Balaban J connectivity index is 1.65. The van der Waals surface area contributed by atoms with Crippen LogP contribution < -0.4 is 5.32 Å². The summed E-state index contributed by atoms with van der Waals surface area (Å²) < 4.78 is 5.20. The second-order valence-electron chi connectivity index (χ2n) is 5.63. The Morgan fingerprint density at radius 3 is 2.73 bits per heavy atom. The average Bonchev–Trinajstić information content (AvgIpc) is 2.55. The smallest absolute Gasteiger partial charge is 0.251 e. The summed E-state index contributed by atoms with van der Waals surface area (Å²) in [5.41, 5.74) is 0.575. The number of nitrogens with one attached hydrogen (secondary N) is 1. The van der Waals surface area contributed by atoms with Gasteiger partial charge in [-0.1, -0.05) is 30.3 Å². The molecular formula is C17H19NO4. The first-order valence-corrected chi connectivity index (χ1v) is 7.36. The third-order valence-corrected chi connectivity index (χ3v) is 4.03. The van der Waals surface area contributed by atoms with Crippen LogP contribution in [0.15, 0.2) is 42.5 Å². The fraction of sp³-hybridized carbons (Fsp3) is 0.353. The maximum Gasteiger partial charge on any atom is 0.251 e.